The Morgan fingerprint density at radius 2 is 2.07 bits per heavy atom. The number of hydrogen-bond acceptors (Lipinski definition) is 7. The second-order valence-corrected chi connectivity index (χ2v) is 8.41. The van der Waals surface area contributed by atoms with Crippen molar-refractivity contribution >= 4 is 17.3 Å². The molecule has 0 radical (unpaired) electrons. The molecule has 1 aliphatic rings. The Morgan fingerprint density at radius 3 is 2.73 bits per heavy atom. The molecule has 1 aromatic carbocycles. The largest absolute Gasteiger partial charge is 0.386 e. The third-order valence-electron chi connectivity index (χ3n) is 4.91. The van der Waals surface area contributed by atoms with Crippen LogP contribution in [0, 0.1) is 5.82 Å². The highest BCUT2D eigenvalue weighted by Crippen LogP contribution is 2.30. The van der Waals surface area contributed by atoms with Gasteiger partial charge in [0, 0.05) is 6.20 Å². The molecule has 0 aliphatic carbocycles. The SMILES string of the molecule is CC(Nc1ccn2ncc(C3=NC(C)(C)ON3)c2n1)c1cc(F)ccc1C(C)(C)O. The van der Waals surface area contributed by atoms with Crippen molar-refractivity contribution in [2.75, 3.05) is 5.32 Å². The maximum atomic E-state index is 13.9. The number of aliphatic imine (C=N–C) groups is 1. The first kappa shape index (κ1) is 20.2. The smallest absolute Gasteiger partial charge is 0.182 e. The van der Waals surface area contributed by atoms with Gasteiger partial charge in [-0.25, -0.2) is 29.2 Å². The molecule has 3 heterocycles. The number of anilines is 1. The van der Waals surface area contributed by atoms with Crippen molar-refractivity contribution in [3.8, 4) is 0 Å². The van der Waals surface area contributed by atoms with E-state index in [9.17, 15) is 9.50 Å². The average Bonchev–Trinajstić information content (AvgIpc) is 3.22. The number of aromatic nitrogens is 3. The maximum Gasteiger partial charge on any atom is 0.182 e. The van der Waals surface area contributed by atoms with Crippen LogP contribution in [0.25, 0.3) is 5.65 Å². The molecule has 158 valence electrons. The van der Waals surface area contributed by atoms with E-state index in [-0.39, 0.29) is 11.9 Å². The lowest BCUT2D eigenvalue weighted by Gasteiger charge is -2.25. The Morgan fingerprint density at radius 1 is 1.30 bits per heavy atom. The first-order valence-corrected chi connectivity index (χ1v) is 9.71. The summed E-state index contributed by atoms with van der Waals surface area (Å²) >= 11 is 0. The van der Waals surface area contributed by atoms with Crippen LogP contribution in [0.3, 0.4) is 0 Å². The Balaban J connectivity index is 1.67. The number of hydrogen-bond donors (Lipinski definition) is 3. The second kappa shape index (κ2) is 7.03. The van der Waals surface area contributed by atoms with E-state index in [2.05, 4.69) is 25.9 Å². The van der Waals surface area contributed by atoms with Gasteiger partial charge in [-0.05, 0) is 63.9 Å². The highest BCUT2D eigenvalue weighted by molar-refractivity contribution is 6.03. The van der Waals surface area contributed by atoms with Crippen LogP contribution in [0.4, 0.5) is 10.2 Å². The van der Waals surface area contributed by atoms with Crippen LogP contribution in [0.1, 0.15) is 57.4 Å². The molecule has 1 unspecified atom stereocenters. The highest BCUT2D eigenvalue weighted by atomic mass is 19.1. The topological polar surface area (TPSA) is 96.1 Å². The summed E-state index contributed by atoms with van der Waals surface area (Å²) in [6.45, 7) is 8.95. The lowest BCUT2D eigenvalue weighted by atomic mass is 9.90. The molecule has 2 aromatic heterocycles. The van der Waals surface area contributed by atoms with E-state index in [0.29, 0.717) is 34.0 Å². The Labute approximate surface area is 173 Å². The number of halogens is 1. The first-order valence-electron chi connectivity index (χ1n) is 9.71. The molecule has 0 saturated heterocycles. The van der Waals surface area contributed by atoms with Crippen LogP contribution in [-0.4, -0.2) is 31.3 Å². The molecule has 0 amide bonds. The molecule has 9 heteroatoms. The molecule has 3 aromatic rings. The molecule has 4 rings (SSSR count). The minimum Gasteiger partial charge on any atom is -0.386 e. The van der Waals surface area contributed by atoms with Crippen LogP contribution >= 0.6 is 0 Å². The molecule has 8 nitrogen and oxygen atoms in total. The number of rotatable bonds is 5. The van der Waals surface area contributed by atoms with Crippen molar-refractivity contribution < 1.29 is 14.3 Å². The van der Waals surface area contributed by atoms with Gasteiger partial charge in [-0.1, -0.05) is 6.07 Å². The fourth-order valence-corrected chi connectivity index (χ4v) is 3.47. The third-order valence-corrected chi connectivity index (χ3v) is 4.91. The van der Waals surface area contributed by atoms with Crippen LogP contribution in [0.5, 0.6) is 0 Å². The molecular weight excluding hydrogens is 387 g/mol. The maximum absolute atomic E-state index is 13.9. The molecule has 0 spiro atoms. The first-order chi connectivity index (χ1) is 14.0. The standard InChI is InChI=1S/C21H25FN6O2/c1-12(14-10-13(22)6-7-16(14)20(2,3)29)24-17-8-9-28-19(25-17)15(11-23-28)18-26-21(4,5)30-27-18/h6-12,29H,1-5H3,(H,24,25)(H,26,27). The Kier molecular flexibility index (Phi) is 4.74. The highest BCUT2D eigenvalue weighted by Gasteiger charge is 2.28. The monoisotopic (exact) mass is 412 g/mol. The summed E-state index contributed by atoms with van der Waals surface area (Å²) in [4.78, 5) is 14.6. The Bertz CT molecular complexity index is 1130. The fourth-order valence-electron chi connectivity index (χ4n) is 3.47. The van der Waals surface area contributed by atoms with Crippen molar-refractivity contribution in [3.05, 3.63) is 59.2 Å². The lowest BCUT2D eigenvalue weighted by Crippen LogP contribution is -2.23. The number of amidine groups is 1. The van der Waals surface area contributed by atoms with Crippen LogP contribution in [-0.2, 0) is 10.4 Å². The van der Waals surface area contributed by atoms with E-state index in [1.54, 1.807) is 42.9 Å². The quantitative estimate of drug-likeness (QED) is 0.595. The predicted molar refractivity (Wildman–Crippen MR) is 112 cm³/mol. The minimum atomic E-state index is -1.10. The van der Waals surface area contributed by atoms with Crippen LogP contribution in [0.15, 0.2) is 41.7 Å². The third kappa shape index (κ3) is 3.86. The normalized spacial score (nSPS) is 17.0. The van der Waals surface area contributed by atoms with Gasteiger partial charge in [-0.3, -0.25) is 0 Å². The molecule has 0 saturated carbocycles. The van der Waals surface area contributed by atoms with Gasteiger partial charge >= 0.3 is 0 Å². The van der Waals surface area contributed by atoms with Crippen molar-refractivity contribution in [1.82, 2.24) is 20.1 Å². The number of hydroxylamine groups is 1. The summed E-state index contributed by atoms with van der Waals surface area (Å²) in [5, 5.41) is 18.1. The van der Waals surface area contributed by atoms with Crippen LogP contribution in [0.2, 0.25) is 0 Å². The zero-order chi connectivity index (χ0) is 21.7. The van der Waals surface area contributed by atoms with E-state index >= 15 is 0 Å². The number of fused-ring (bicyclic) bond motifs is 1. The van der Waals surface area contributed by atoms with Gasteiger partial charge < -0.3 is 10.4 Å². The summed E-state index contributed by atoms with van der Waals surface area (Å²) in [6.07, 6.45) is 3.45. The number of benzene rings is 1. The summed E-state index contributed by atoms with van der Waals surface area (Å²) < 4.78 is 15.6. The van der Waals surface area contributed by atoms with E-state index in [4.69, 9.17) is 4.84 Å². The zero-order valence-electron chi connectivity index (χ0n) is 17.6. The van der Waals surface area contributed by atoms with Gasteiger partial charge in [0.15, 0.2) is 17.2 Å². The van der Waals surface area contributed by atoms with Gasteiger partial charge in [0.25, 0.3) is 0 Å². The molecule has 3 N–H and O–H groups in total. The van der Waals surface area contributed by atoms with Gasteiger partial charge in [0.05, 0.1) is 23.4 Å². The van der Waals surface area contributed by atoms with Gasteiger partial charge in [-0.15, -0.1) is 0 Å². The van der Waals surface area contributed by atoms with Crippen molar-refractivity contribution in [1.29, 1.82) is 0 Å². The van der Waals surface area contributed by atoms with Crippen molar-refractivity contribution in [2.45, 2.75) is 52.0 Å². The average molecular weight is 412 g/mol. The number of nitrogens with one attached hydrogen (secondary N) is 2. The fraction of sp³-hybridized carbons (Fsp3) is 0.381. The predicted octanol–water partition coefficient (Wildman–Crippen LogP) is 3.29. The molecule has 0 fully saturated rings. The Hall–Kier alpha value is -3.04. The summed E-state index contributed by atoms with van der Waals surface area (Å²) in [7, 11) is 0. The molecular formula is C21H25FN6O2. The van der Waals surface area contributed by atoms with Gasteiger partial charge in [-0.2, -0.15) is 5.10 Å². The number of nitrogens with zero attached hydrogens (tertiary/aromatic N) is 4. The zero-order valence-corrected chi connectivity index (χ0v) is 17.6. The minimum absolute atomic E-state index is 0.298. The van der Waals surface area contributed by atoms with Crippen molar-refractivity contribution in [3.63, 3.8) is 0 Å². The van der Waals surface area contributed by atoms with E-state index in [0.717, 1.165) is 0 Å². The van der Waals surface area contributed by atoms with E-state index < -0.39 is 11.3 Å². The molecule has 1 atom stereocenters. The van der Waals surface area contributed by atoms with Crippen molar-refractivity contribution in [2.24, 2.45) is 4.99 Å². The summed E-state index contributed by atoms with van der Waals surface area (Å²) in [6, 6.07) is 5.89. The van der Waals surface area contributed by atoms with E-state index in [1.807, 2.05) is 20.8 Å². The van der Waals surface area contributed by atoms with Gasteiger partial charge in [0.2, 0.25) is 0 Å². The van der Waals surface area contributed by atoms with E-state index in [1.165, 1.54) is 12.1 Å². The number of aliphatic hydroxyl groups is 1. The molecule has 30 heavy (non-hydrogen) atoms. The molecule has 0 bridgehead atoms. The lowest BCUT2D eigenvalue weighted by molar-refractivity contribution is -0.0269. The van der Waals surface area contributed by atoms with Crippen LogP contribution < -0.4 is 10.8 Å². The summed E-state index contributed by atoms with van der Waals surface area (Å²) in [5.41, 5.74) is 3.67. The second-order valence-electron chi connectivity index (χ2n) is 8.41. The molecule has 1 aliphatic heterocycles. The van der Waals surface area contributed by atoms with Gasteiger partial charge in [0.1, 0.15) is 11.6 Å². The summed E-state index contributed by atoms with van der Waals surface area (Å²) in [5.74, 6) is 0.782.